The lowest BCUT2D eigenvalue weighted by atomic mass is 10.0. The van der Waals surface area contributed by atoms with Crippen LogP contribution in [-0.4, -0.2) is 32.1 Å². The molecule has 1 atom stereocenters. The molecule has 4 aromatic rings. The van der Waals surface area contributed by atoms with E-state index >= 15 is 0 Å². The molecule has 0 radical (unpaired) electrons. The van der Waals surface area contributed by atoms with Gasteiger partial charge >= 0.3 is 0 Å². The van der Waals surface area contributed by atoms with Crippen LogP contribution in [0.25, 0.3) is 22.0 Å². The number of hydrogen-bond donors (Lipinski definition) is 0. The summed E-state index contributed by atoms with van der Waals surface area (Å²) in [5.74, 6) is 0.0337. The van der Waals surface area contributed by atoms with Gasteiger partial charge in [-0.2, -0.15) is 5.10 Å². The van der Waals surface area contributed by atoms with Crippen LogP contribution in [0.4, 0.5) is 0 Å². The Morgan fingerprint density at radius 3 is 2.77 bits per heavy atom. The van der Waals surface area contributed by atoms with E-state index in [2.05, 4.69) is 11.2 Å². The van der Waals surface area contributed by atoms with Gasteiger partial charge in [-0.15, -0.1) is 11.3 Å². The van der Waals surface area contributed by atoms with Gasteiger partial charge in [0.1, 0.15) is 5.01 Å². The van der Waals surface area contributed by atoms with Crippen LogP contribution < -0.4 is 0 Å². The summed E-state index contributed by atoms with van der Waals surface area (Å²) in [7, 11) is 0. The van der Waals surface area contributed by atoms with E-state index in [-0.39, 0.29) is 11.9 Å². The van der Waals surface area contributed by atoms with Crippen molar-refractivity contribution in [2.24, 2.45) is 0 Å². The minimum Gasteiger partial charge on any atom is -0.330 e. The zero-order valence-corrected chi connectivity index (χ0v) is 17.3. The highest BCUT2D eigenvalue weighted by molar-refractivity contribution is 7.18. The molecule has 2 aromatic heterocycles. The largest absolute Gasteiger partial charge is 0.330 e. The van der Waals surface area contributed by atoms with Crippen molar-refractivity contribution in [2.75, 3.05) is 6.54 Å². The van der Waals surface area contributed by atoms with E-state index in [9.17, 15) is 4.79 Å². The van der Waals surface area contributed by atoms with E-state index in [0.717, 1.165) is 47.6 Å². The third-order valence-electron chi connectivity index (χ3n) is 5.42. The van der Waals surface area contributed by atoms with Crippen LogP contribution in [0.1, 0.15) is 35.9 Å². The van der Waals surface area contributed by atoms with Crippen LogP contribution in [0, 0.1) is 0 Å². The smallest absolute Gasteiger partial charge is 0.247 e. The zero-order chi connectivity index (χ0) is 20.3. The van der Waals surface area contributed by atoms with Crippen molar-refractivity contribution >= 4 is 33.5 Å². The molecule has 1 aliphatic rings. The lowest BCUT2D eigenvalue weighted by Crippen LogP contribution is -2.37. The Balaban J connectivity index is 1.34. The number of thiazole rings is 1. The van der Waals surface area contributed by atoms with E-state index in [4.69, 9.17) is 4.98 Å². The summed E-state index contributed by atoms with van der Waals surface area (Å²) >= 11 is 1.70. The number of likely N-dealkylation sites (tertiary alicyclic amines) is 1. The predicted octanol–water partition coefficient (Wildman–Crippen LogP) is 5.25. The van der Waals surface area contributed by atoms with Crippen molar-refractivity contribution in [1.29, 1.82) is 0 Å². The maximum atomic E-state index is 13.0. The van der Waals surface area contributed by atoms with Crippen molar-refractivity contribution in [2.45, 2.75) is 25.3 Å². The summed E-state index contributed by atoms with van der Waals surface area (Å²) in [6.45, 7) is 0.771. The molecule has 1 aliphatic heterocycles. The number of carbonyl (C=O) groups excluding carboxylic acids is 1. The summed E-state index contributed by atoms with van der Waals surface area (Å²) < 4.78 is 2.99. The molecule has 5 nitrogen and oxygen atoms in total. The van der Waals surface area contributed by atoms with Crippen LogP contribution in [0.3, 0.4) is 0 Å². The summed E-state index contributed by atoms with van der Waals surface area (Å²) in [5.41, 5.74) is 2.91. The molecule has 1 fully saturated rings. The van der Waals surface area contributed by atoms with Crippen LogP contribution >= 0.6 is 11.3 Å². The number of hydrogen-bond acceptors (Lipinski definition) is 4. The lowest BCUT2D eigenvalue weighted by molar-refractivity contribution is -0.129. The van der Waals surface area contributed by atoms with Gasteiger partial charge in [0.25, 0.3) is 0 Å². The van der Waals surface area contributed by atoms with Gasteiger partial charge in [0, 0.05) is 24.4 Å². The highest BCUT2D eigenvalue weighted by Crippen LogP contribution is 2.35. The van der Waals surface area contributed by atoms with Crippen molar-refractivity contribution in [3.63, 3.8) is 0 Å². The monoisotopic (exact) mass is 414 g/mol. The van der Waals surface area contributed by atoms with Crippen LogP contribution in [0.2, 0.25) is 0 Å². The minimum atomic E-state index is 0.0337. The number of rotatable bonds is 4. The number of aromatic nitrogens is 3. The molecule has 2 aromatic carbocycles. The molecule has 3 heterocycles. The Hall–Kier alpha value is -3.25. The topological polar surface area (TPSA) is 51.0 Å². The fourth-order valence-electron chi connectivity index (χ4n) is 3.89. The third-order valence-corrected chi connectivity index (χ3v) is 6.56. The van der Waals surface area contributed by atoms with E-state index in [1.54, 1.807) is 23.6 Å². The molecule has 0 N–H and O–H groups in total. The molecule has 1 saturated heterocycles. The molecule has 0 bridgehead atoms. The van der Waals surface area contributed by atoms with Gasteiger partial charge in [0.05, 0.1) is 28.1 Å². The molecular formula is C24H22N4OS. The molecule has 30 heavy (non-hydrogen) atoms. The standard InChI is InChI=1S/C24H22N4OS/c29-23(14-13-18-16-25-28(17-18)19-8-2-1-3-9-19)27-15-7-6-11-21(27)24-26-20-10-4-5-12-22(20)30-24/h1-5,8-10,12-14,16-17,21H,6-7,11,15H2/b14-13+. The second-order valence-corrected chi connectivity index (χ2v) is 8.51. The number of benzene rings is 2. The van der Waals surface area contributed by atoms with Gasteiger partial charge in [0.2, 0.25) is 5.91 Å². The van der Waals surface area contributed by atoms with E-state index < -0.39 is 0 Å². The second kappa shape index (κ2) is 8.24. The van der Waals surface area contributed by atoms with Crippen LogP contribution in [-0.2, 0) is 4.79 Å². The van der Waals surface area contributed by atoms with Crippen molar-refractivity contribution in [3.8, 4) is 5.69 Å². The van der Waals surface area contributed by atoms with Crippen molar-refractivity contribution in [3.05, 3.63) is 83.6 Å². The molecule has 1 unspecified atom stereocenters. The normalized spacial score (nSPS) is 17.1. The average Bonchev–Trinajstić information content (AvgIpc) is 3.45. The first-order chi connectivity index (χ1) is 14.8. The first-order valence-corrected chi connectivity index (χ1v) is 11.0. The van der Waals surface area contributed by atoms with Crippen molar-refractivity contribution in [1.82, 2.24) is 19.7 Å². The summed E-state index contributed by atoms with van der Waals surface area (Å²) in [5, 5.41) is 5.43. The molecule has 0 spiro atoms. The Morgan fingerprint density at radius 2 is 1.90 bits per heavy atom. The molecule has 6 heteroatoms. The Bertz CT molecular complexity index is 1160. The molecular weight excluding hydrogens is 392 g/mol. The number of para-hydroxylation sites is 2. The van der Waals surface area contributed by atoms with Gasteiger partial charge in [-0.3, -0.25) is 4.79 Å². The van der Waals surface area contributed by atoms with E-state index in [0.29, 0.717) is 0 Å². The maximum absolute atomic E-state index is 13.0. The molecule has 1 amide bonds. The van der Waals surface area contributed by atoms with E-state index in [1.807, 2.05) is 70.4 Å². The maximum Gasteiger partial charge on any atom is 0.247 e. The number of nitrogens with zero attached hydrogens (tertiary/aromatic N) is 4. The highest BCUT2D eigenvalue weighted by atomic mass is 32.1. The predicted molar refractivity (Wildman–Crippen MR) is 121 cm³/mol. The first kappa shape index (κ1) is 18.8. The summed E-state index contributed by atoms with van der Waals surface area (Å²) in [6, 6.07) is 18.2. The Morgan fingerprint density at radius 1 is 1.07 bits per heavy atom. The number of amides is 1. The highest BCUT2D eigenvalue weighted by Gasteiger charge is 2.29. The average molecular weight is 415 g/mol. The first-order valence-electron chi connectivity index (χ1n) is 10.2. The zero-order valence-electron chi connectivity index (χ0n) is 16.5. The van der Waals surface area contributed by atoms with Crippen LogP contribution in [0.15, 0.2) is 73.1 Å². The Kier molecular flexibility index (Phi) is 5.15. The summed E-state index contributed by atoms with van der Waals surface area (Å²) in [6.07, 6.45) is 10.3. The fourth-order valence-corrected chi connectivity index (χ4v) is 5.01. The van der Waals surface area contributed by atoms with Crippen molar-refractivity contribution < 1.29 is 4.79 Å². The van der Waals surface area contributed by atoms with E-state index in [1.165, 1.54) is 4.70 Å². The summed E-state index contributed by atoms with van der Waals surface area (Å²) in [4.78, 5) is 19.8. The van der Waals surface area contributed by atoms with Gasteiger partial charge in [-0.05, 0) is 49.6 Å². The second-order valence-electron chi connectivity index (χ2n) is 7.45. The number of carbonyl (C=O) groups is 1. The van der Waals surface area contributed by atoms with Gasteiger partial charge in [-0.25, -0.2) is 9.67 Å². The Labute approximate surface area is 179 Å². The quantitative estimate of drug-likeness (QED) is 0.429. The number of fused-ring (bicyclic) bond motifs is 1. The van der Waals surface area contributed by atoms with Gasteiger partial charge in [0.15, 0.2) is 0 Å². The van der Waals surface area contributed by atoms with Gasteiger partial charge < -0.3 is 4.90 Å². The SMILES string of the molecule is O=C(/C=C/c1cnn(-c2ccccc2)c1)N1CCCCC1c1nc2ccccc2s1. The molecule has 5 rings (SSSR count). The molecule has 0 aliphatic carbocycles. The minimum absolute atomic E-state index is 0.0337. The third kappa shape index (κ3) is 3.78. The molecule has 150 valence electrons. The lowest BCUT2D eigenvalue weighted by Gasteiger charge is -2.33. The van der Waals surface area contributed by atoms with Gasteiger partial charge in [-0.1, -0.05) is 30.3 Å². The molecule has 0 saturated carbocycles. The number of piperidine rings is 1. The fraction of sp³-hybridized carbons (Fsp3) is 0.208. The van der Waals surface area contributed by atoms with Crippen LogP contribution in [0.5, 0.6) is 0 Å².